The minimum Gasteiger partial charge on any atom is -0.496 e. The first kappa shape index (κ1) is 33.4. The third kappa shape index (κ3) is 8.27. The maximum Gasteiger partial charge on any atom is 0.345 e. The Morgan fingerprint density at radius 1 is 0.723 bits per heavy atom. The zero-order valence-corrected chi connectivity index (χ0v) is 27.5. The van der Waals surface area contributed by atoms with Crippen LogP contribution in [0.15, 0.2) is 97.1 Å². The molecule has 0 spiro atoms. The van der Waals surface area contributed by atoms with Gasteiger partial charge in [0.1, 0.15) is 17.1 Å². The summed E-state index contributed by atoms with van der Waals surface area (Å²) in [5, 5.41) is 15.1. The van der Waals surface area contributed by atoms with Crippen LogP contribution in [0.4, 0.5) is 0 Å². The summed E-state index contributed by atoms with van der Waals surface area (Å²) in [5.41, 5.74) is 2.85. The molecule has 244 valence electrons. The molecule has 2 atom stereocenters. The first-order valence-electron chi connectivity index (χ1n) is 16.0. The summed E-state index contributed by atoms with van der Waals surface area (Å²) in [4.78, 5) is 26.5. The number of fused-ring (bicyclic) bond motifs is 2. The minimum absolute atomic E-state index is 0.122. The summed E-state index contributed by atoms with van der Waals surface area (Å²) < 4.78 is 16.2. The molecule has 0 aliphatic heterocycles. The highest BCUT2D eigenvalue weighted by Crippen LogP contribution is 2.31. The Morgan fingerprint density at radius 3 is 2.11 bits per heavy atom. The van der Waals surface area contributed by atoms with Gasteiger partial charge in [-0.15, -0.1) is 0 Å². The van der Waals surface area contributed by atoms with Crippen molar-refractivity contribution in [2.75, 3.05) is 41.0 Å². The van der Waals surface area contributed by atoms with E-state index in [-0.39, 0.29) is 41.7 Å². The second kappa shape index (κ2) is 16.1. The molecule has 5 aromatic carbocycles. The second-order valence-electron chi connectivity index (χ2n) is 11.5. The van der Waals surface area contributed by atoms with E-state index < -0.39 is 5.97 Å². The molecule has 1 amide bonds. The van der Waals surface area contributed by atoms with Crippen molar-refractivity contribution in [2.45, 2.75) is 31.8 Å². The number of hydrogen-bond acceptors (Lipinski definition) is 7. The fraction of sp³-hybridized carbons (Fsp3) is 0.282. The van der Waals surface area contributed by atoms with E-state index in [2.05, 4.69) is 88.7 Å². The molecule has 0 radical (unpaired) electrons. The van der Waals surface area contributed by atoms with Crippen molar-refractivity contribution in [1.29, 1.82) is 0 Å². The lowest BCUT2D eigenvalue weighted by atomic mass is 9.97. The smallest absolute Gasteiger partial charge is 0.345 e. The average Bonchev–Trinajstić information content (AvgIpc) is 3.10. The van der Waals surface area contributed by atoms with Gasteiger partial charge in [0.15, 0.2) is 0 Å². The van der Waals surface area contributed by atoms with Gasteiger partial charge in [-0.1, -0.05) is 84.9 Å². The molecule has 0 bridgehead atoms. The fourth-order valence-corrected chi connectivity index (χ4v) is 6.05. The number of amides is 1. The predicted octanol–water partition coefficient (Wildman–Crippen LogP) is 5.95. The molecule has 0 saturated heterocycles. The monoisotopic (exact) mass is 633 g/mol. The lowest BCUT2D eigenvalue weighted by molar-refractivity contribution is 0.0518. The van der Waals surface area contributed by atoms with Gasteiger partial charge < -0.3 is 30.2 Å². The largest absolute Gasteiger partial charge is 0.496 e. The molecule has 0 saturated carbocycles. The van der Waals surface area contributed by atoms with Crippen molar-refractivity contribution < 1.29 is 23.8 Å². The number of likely N-dealkylation sites (N-methyl/N-ethyl adjacent to an activating group) is 1. The molecule has 47 heavy (non-hydrogen) atoms. The van der Waals surface area contributed by atoms with Crippen LogP contribution in [-0.4, -0.2) is 64.9 Å². The predicted molar refractivity (Wildman–Crippen MR) is 188 cm³/mol. The van der Waals surface area contributed by atoms with E-state index in [1.54, 1.807) is 19.1 Å². The van der Waals surface area contributed by atoms with Gasteiger partial charge in [0.25, 0.3) is 5.91 Å². The molecule has 5 aromatic rings. The Hall–Kier alpha value is -4.92. The standard InChI is InChI=1S/C39H43N3O5/c1-5-47-39(44)37-35(45-3)22-31(23-36(37)46-4)38(43)42-33(21-30-15-10-14-28-12-8-9-16-34(28)30)25-41-32(24-40-2)20-26-17-18-27-11-6-7-13-29(27)19-26/h6-19,22-23,32-33,40-41H,5,20-21,24-25H2,1-4H3,(H,42,43)/t32-,33+/m0/s1. The number of benzene rings is 5. The molecule has 0 heterocycles. The summed E-state index contributed by atoms with van der Waals surface area (Å²) in [6, 6.07) is 32.5. The van der Waals surface area contributed by atoms with Crippen LogP contribution in [-0.2, 0) is 17.6 Å². The average molecular weight is 634 g/mol. The number of methoxy groups -OCH3 is 2. The Bertz CT molecular complexity index is 1810. The number of ether oxygens (including phenoxy) is 3. The van der Waals surface area contributed by atoms with Gasteiger partial charge in [0.2, 0.25) is 0 Å². The lowest BCUT2D eigenvalue weighted by Crippen LogP contribution is -2.48. The van der Waals surface area contributed by atoms with Gasteiger partial charge >= 0.3 is 5.97 Å². The highest BCUT2D eigenvalue weighted by molar-refractivity contribution is 6.01. The molecule has 0 aliphatic rings. The molecular formula is C39H43N3O5. The topological polar surface area (TPSA) is 97.9 Å². The van der Waals surface area contributed by atoms with Gasteiger partial charge in [0, 0.05) is 30.7 Å². The summed E-state index contributed by atoms with van der Waals surface area (Å²) in [6.07, 6.45) is 1.43. The van der Waals surface area contributed by atoms with Crippen LogP contribution in [0.25, 0.3) is 21.5 Å². The van der Waals surface area contributed by atoms with Crippen molar-refractivity contribution >= 4 is 33.4 Å². The molecule has 8 heteroatoms. The van der Waals surface area contributed by atoms with Crippen LogP contribution in [0.2, 0.25) is 0 Å². The van der Waals surface area contributed by atoms with Gasteiger partial charge in [0.05, 0.1) is 20.8 Å². The number of nitrogens with one attached hydrogen (secondary N) is 3. The van der Waals surface area contributed by atoms with E-state index in [1.807, 2.05) is 19.2 Å². The Kier molecular flexibility index (Phi) is 11.4. The maximum absolute atomic E-state index is 13.9. The quantitative estimate of drug-likeness (QED) is 0.123. The van der Waals surface area contributed by atoms with E-state index in [1.165, 1.54) is 30.6 Å². The SMILES string of the molecule is CCOC(=O)c1c(OC)cc(C(=O)N[C@@H](CN[C@H](CNC)Cc2ccc3ccccc3c2)Cc2cccc3ccccc23)cc1OC. The molecule has 0 unspecified atom stereocenters. The Balaban J connectivity index is 1.41. The molecule has 0 aliphatic carbocycles. The van der Waals surface area contributed by atoms with Crippen LogP contribution >= 0.6 is 0 Å². The van der Waals surface area contributed by atoms with Crippen LogP contribution in [0.1, 0.15) is 38.8 Å². The third-order valence-corrected chi connectivity index (χ3v) is 8.33. The number of hydrogen-bond donors (Lipinski definition) is 3. The van der Waals surface area contributed by atoms with E-state index in [0.29, 0.717) is 18.5 Å². The van der Waals surface area contributed by atoms with Crippen LogP contribution in [0.3, 0.4) is 0 Å². The Morgan fingerprint density at radius 2 is 1.40 bits per heavy atom. The third-order valence-electron chi connectivity index (χ3n) is 8.33. The first-order valence-corrected chi connectivity index (χ1v) is 16.0. The second-order valence-corrected chi connectivity index (χ2v) is 11.5. The maximum atomic E-state index is 13.9. The van der Waals surface area contributed by atoms with Gasteiger partial charge in [-0.25, -0.2) is 4.79 Å². The van der Waals surface area contributed by atoms with E-state index in [4.69, 9.17) is 14.2 Å². The fourth-order valence-electron chi connectivity index (χ4n) is 6.05. The lowest BCUT2D eigenvalue weighted by Gasteiger charge is -2.25. The van der Waals surface area contributed by atoms with E-state index in [0.717, 1.165) is 29.3 Å². The molecule has 0 fully saturated rings. The zero-order chi connectivity index (χ0) is 33.2. The van der Waals surface area contributed by atoms with Crippen molar-refractivity contribution in [3.05, 3.63) is 119 Å². The van der Waals surface area contributed by atoms with Crippen molar-refractivity contribution in [2.24, 2.45) is 0 Å². The summed E-state index contributed by atoms with van der Waals surface area (Å²) in [7, 11) is 4.85. The first-order chi connectivity index (χ1) is 22.9. The van der Waals surface area contributed by atoms with Crippen LogP contribution in [0, 0.1) is 0 Å². The molecule has 8 nitrogen and oxygen atoms in total. The number of carbonyl (C=O) groups is 2. The summed E-state index contributed by atoms with van der Waals surface area (Å²) >= 11 is 0. The summed E-state index contributed by atoms with van der Waals surface area (Å²) in [5.74, 6) is -0.459. The highest BCUT2D eigenvalue weighted by atomic mass is 16.5. The van der Waals surface area contributed by atoms with Crippen molar-refractivity contribution in [3.63, 3.8) is 0 Å². The van der Waals surface area contributed by atoms with Gasteiger partial charge in [-0.05, 0) is 71.6 Å². The van der Waals surface area contributed by atoms with Crippen molar-refractivity contribution in [1.82, 2.24) is 16.0 Å². The summed E-state index contributed by atoms with van der Waals surface area (Å²) in [6.45, 7) is 3.22. The molecular weight excluding hydrogens is 590 g/mol. The zero-order valence-electron chi connectivity index (χ0n) is 27.5. The van der Waals surface area contributed by atoms with Gasteiger partial charge in [-0.2, -0.15) is 0 Å². The number of esters is 1. The van der Waals surface area contributed by atoms with Gasteiger partial charge in [-0.3, -0.25) is 4.79 Å². The van der Waals surface area contributed by atoms with E-state index in [9.17, 15) is 9.59 Å². The Labute approximate surface area is 276 Å². The number of carbonyl (C=O) groups excluding carboxylic acids is 2. The minimum atomic E-state index is -0.576. The highest BCUT2D eigenvalue weighted by Gasteiger charge is 2.25. The molecule has 0 aromatic heterocycles. The van der Waals surface area contributed by atoms with Crippen LogP contribution in [0.5, 0.6) is 11.5 Å². The van der Waals surface area contributed by atoms with Crippen LogP contribution < -0.4 is 25.4 Å². The normalized spacial score (nSPS) is 12.4. The van der Waals surface area contributed by atoms with E-state index >= 15 is 0 Å². The molecule has 3 N–H and O–H groups in total. The van der Waals surface area contributed by atoms with Crippen molar-refractivity contribution in [3.8, 4) is 11.5 Å². The molecule has 5 rings (SSSR count). The number of rotatable bonds is 15.